The molecule has 17 heavy (non-hydrogen) atoms. The Labute approximate surface area is 106 Å². The number of rotatable bonds is 8. The highest BCUT2D eigenvalue weighted by atomic mass is 16.5. The van der Waals surface area contributed by atoms with Crippen LogP contribution in [0, 0.1) is 0 Å². The highest BCUT2D eigenvalue weighted by Gasteiger charge is 2.16. The lowest BCUT2D eigenvalue weighted by Gasteiger charge is -2.30. The van der Waals surface area contributed by atoms with Crippen LogP contribution in [0.25, 0.3) is 0 Å². The molecule has 1 heterocycles. The fraction of sp³-hybridized carbons (Fsp3) is 1.00. The minimum atomic E-state index is 0.370. The second-order valence-electron chi connectivity index (χ2n) is 4.89. The fourth-order valence-corrected chi connectivity index (χ4v) is 2.23. The van der Waals surface area contributed by atoms with Gasteiger partial charge in [-0.15, -0.1) is 0 Å². The van der Waals surface area contributed by atoms with Gasteiger partial charge in [-0.3, -0.25) is 0 Å². The number of hydrogen-bond acceptors (Lipinski definition) is 4. The van der Waals surface area contributed by atoms with Crippen LogP contribution in [0.2, 0.25) is 0 Å². The Kier molecular flexibility index (Phi) is 7.77. The molecule has 1 rings (SSSR count). The minimum absolute atomic E-state index is 0.370. The molecule has 0 saturated carbocycles. The smallest absolute Gasteiger partial charge is 0.0826 e. The monoisotopic (exact) mass is 243 g/mol. The first-order valence-electron chi connectivity index (χ1n) is 6.99. The second kappa shape index (κ2) is 8.86. The third-order valence-electron chi connectivity index (χ3n) is 3.31. The van der Waals surface area contributed by atoms with E-state index in [4.69, 9.17) is 4.74 Å². The molecule has 1 fully saturated rings. The summed E-state index contributed by atoms with van der Waals surface area (Å²) in [4.78, 5) is 4.83. The largest absolute Gasteiger partial charge is 0.374 e. The van der Waals surface area contributed by atoms with E-state index in [2.05, 4.69) is 36.0 Å². The number of morpholine rings is 1. The lowest BCUT2D eigenvalue weighted by atomic mass is 10.3. The molecule has 1 aliphatic rings. The number of nitrogens with zero attached hydrogens (tertiary/aromatic N) is 2. The summed E-state index contributed by atoms with van der Waals surface area (Å²) in [7, 11) is 2.16. The number of hydrogen-bond donors (Lipinski definition) is 1. The highest BCUT2D eigenvalue weighted by molar-refractivity contribution is 4.71. The molecule has 1 atom stereocenters. The maximum Gasteiger partial charge on any atom is 0.0826 e. The van der Waals surface area contributed by atoms with E-state index in [-0.39, 0.29) is 0 Å². The Morgan fingerprint density at radius 1 is 1.35 bits per heavy atom. The van der Waals surface area contributed by atoms with Gasteiger partial charge in [0, 0.05) is 32.7 Å². The van der Waals surface area contributed by atoms with Gasteiger partial charge in [-0.25, -0.2) is 0 Å². The summed E-state index contributed by atoms with van der Waals surface area (Å²) in [6, 6.07) is 0. The number of likely N-dealkylation sites (N-methyl/N-ethyl adjacent to an activating group) is 2. The minimum Gasteiger partial charge on any atom is -0.374 e. The van der Waals surface area contributed by atoms with Crippen molar-refractivity contribution in [3.05, 3.63) is 0 Å². The quantitative estimate of drug-likeness (QED) is 0.633. The molecular formula is C13H29N3O. The first-order valence-corrected chi connectivity index (χ1v) is 6.99. The van der Waals surface area contributed by atoms with Gasteiger partial charge in [0.15, 0.2) is 0 Å². The predicted octanol–water partition coefficient (Wildman–Crippen LogP) is 0.639. The Balaban J connectivity index is 2.02. The molecule has 0 aromatic rings. The van der Waals surface area contributed by atoms with Gasteiger partial charge >= 0.3 is 0 Å². The summed E-state index contributed by atoms with van der Waals surface area (Å²) in [6.45, 7) is 13.0. The van der Waals surface area contributed by atoms with Crippen LogP contribution in [0.4, 0.5) is 0 Å². The molecule has 1 saturated heterocycles. The molecule has 1 N–H and O–H groups in total. The lowest BCUT2D eigenvalue weighted by Crippen LogP contribution is -2.45. The first kappa shape index (κ1) is 14.9. The molecule has 0 aliphatic carbocycles. The van der Waals surface area contributed by atoms with Crippen LogP contribution in [0.5, 0.6) is 0 Å². The van der Waals surface area contributed by atoms with E-state index < -0.39 is 0 Å². The van der Waals surface area contributed by atoms with Crippen LogP contribution in [0.3, 0.4) is 0 Å². The van der Waals surface area contributed by atoms with Crippen molar-refractivity contribution < 1.29 is 4.74 Å². The molecule has 0 amide bonds. The van der Waals surface area contributed by atoms with Crippen molar-refractivity contribution in [3.8, 4) is 0 Å². The Bertz CT molecular complexity index is 190. The maximum absolute atomic E-state index is 5.71. The van der Waals surface area contributed by atoms with Gasteiger partial charge in [-0.2, -0.15) is 0 Å². The maximum atomic E-state index is 5.71. The van der Waals surface area contributed by atoms with Crippen LogP contribution < -0.4 is 5.32 Å². The van der Waals surface area contributed by atoms with Crippen molar-refractivity contribution in [3.63, 3.8) is 0 Å². The van der Waals surface area contributed by atoms with E-state index in [1.54, 1.807) is 0 Å². The van der Waals surface area contributed by atoms with Crippen molar-refractivity contribution in [2.45, 2.75) is 26.4 Å². The average molecular weight is 243 g/mol. The molecule has 0 spiro atoms. The predicted molar refractivity (Wildman–Crippen MR) is 72.5 cm³/mol. The van der Waals surface area contributed by atoms with Crippen molar-refractivity contribution in [1.82, 2.24) is 15.1 Å². The zero-order valence-corrected chi connectivity index (χ0v) is 11.7. The SMILES string of the molecule is CCCN(CC)CCNCC1CN(C)CCO1. The topological polar surface area (TPSA) is 27.7 Å². The molecule has 1 aliphatic heterocycles. The molecule has 102 valence electrons. The van der Waals surface area contributed by atoms with E-state index in [9.17, 15) is 0 Å². The van der Waals surface area contributed by atoms with Crippen LogP contribution in [0.15, 0.2) is 0 Å². The second-order valence-corrected chi connectivity index (χ2v) is 4.89. The number of nitrogens with one attached hydrogen (secondary N) is 1. The summed E-state index contributed by atoms with van der Waals surface area (Å²) in [5.41, 5.74) is 0. The standard InChI is InChI=1S/C13H29N3O/c1-4-7-16(5-2)8-6-14-11-13-12-15(3)9-10-17-13/h13-14H,4-12H2,1-3H3. The van der Waals surface area contributed by atoms with Crippen LogP contribution in [-0.4, -0.2) is 75.4 Å². The highest BCUT2D eigenvalue weighted by Crippen LogP contribution is 2.01. The van der Waals surface area contributed by atoms with Crippen molar-refractivity contribution in [1.29, 1.82) is 0 Å². The molecule has 0 aromatic heterocycles. The van der Waals surface area contributed by atoms with Crippen molar-refractivity contribution in [2.75, 3.05) is 59.5 Å². The van der Waals surface area contributed by atoms with Gasteiger partial charge in [-0.1, -0.05) is 13.8 Å². The van der Waals surface area contributed by atoms with E-state index in [0.29, 0.717) is 6.10 Å². The molecule has 0 radical (unpaired) electrons. The van der Waals surface area contributed by atoms with Gasteiger partial charge in [0.05, 0.1) is 12.7 Å². The average Bonchev–Trinajstić information content (AvgIpc) is 2.33. The Morgan fingerprint density at radius 3 is 2.82 bits per heavy atom. The summed E-state index contributed by atoms with van der Waals surface area (Å²) in [5, 5.41) is 3.51. The first-order chi connectivity index (χ1) is 8.26. The third-order valence-corrected chi connectivity index (χ3v) is 3.31. The fourth-order valence-electron chi connectivity index (χ4n) is 2.23. The molecule has 0 aromatic carbocycles. The van der Waals surface area contributed by atoms with Crippen molar-refractivity contribution >= 4 is 0 Å². The Morgan fingerprint density at radius 2 is 2.18 bits per heavy atom. The third kappa shape index (κ3) is 6.36. The van der Waals surface area contributed by atoms with E-state index in [1.165, 1.54) is 13.0 Å². The summed E-state index contributed by atoms with van der Waals surface area (Å²) in [5.74, 6) is 0. The molecule has 4 heteroatoms. The zero-order valence-electron chi connectivity index (χ0n) is 11.7. The van der Waals surface area contributed by atoms with Gasteiger partial charge in [-0.05, 0) is 26.6 Å². The number of ether oxygens (including phenoxy) is 1. The van der Waals surface area contributed by atoms with E-state index in [0.717, 1.165) is 45.9 Å². The van der Waals surface area contributed by atoms with Crippen LogP contribution in [-0.2, 0) is 4.74 Å². The van der Waals surface area contributed by atoms with Crippen molar-refractivity contribution in [2.24, 2.45) is 0 Å². The summed E-state index contributed by atoms with van der Waals surface area (Å²) < 4.78 is 5.71. The lowest BCUT2D eigenvalue weighted by molar-refractivity contribution is -0.0181. The summed E-state index contributed by atoms with van der Waals surface area (Å²) >= 11 is 0. The summed E-state index contributed by atoms with van der Waals surface area (Å²) in [6.07, 6.45) is 1.61. The van der Waals surface area contributed by atoms with Gasteiger partial charge in [0.2, 0.25) is 0 Å². The van der Waals surface area contributed by atoms with Gasteiger partial charge < -0.3 is 19.9 Å². The molecule has 1 unspecified atom stereocenters. The normalized spacial score (nSPS) is 22.2. The molecule has 0 bridgehead atoms. The van der Waals surface area contributed by atoms with E-state index >= 15 is 0 Å². The van der Waals surface area contributed by atoms with Crippen LogP contribution >= 0.6 is 0 Å². The van der Waals surface area contributed by atoms with E-state index in [1.807, 2.05) is 0 Å². The molecule has 4 nitrogen and oxygen atoms in total. The van der Waals surface area contributed by atoms with Gasteiger partial charge in [0.25, 0.3) is 0 Å². The zero-order chi connectivity index (χ0) is 12.5. The van der Waals surface area contributed by atoms with Crippen LogP contribution in [0.1, 0.15) is 20.3 Å². The molecular weight excluding hydrogens is 214 g/mol. The Hall–Kier alpha value is -0.160. The van der Waals surface area contributed by atoms with Gasteiger partial charge in [0.1, 0.15) is 0 Å².